The lowest BCUT2D eigenvalue weighted by atomic mass is 10.1. The zero-order valence-electron chi connectivity index (χ0n) is 11.3. The Balaban J connectivity index is 1.97. The fourth-order valence-corrected chi connectivity index (χ4v) is 4.82. The second-order valence-corrected chi connectivity index (χ2v) is 8.31. The topological polar surface area (TPSA) is 158 Å². The maximum absolute atomic E-state index is 11.6. The normalized spacial score (nSPS) is 22.2. The van der Waals surface area contributed by atoms with E-state index in [0.717, 1.165) is 6.07 Å². The summed E-state index contributed by atoms with van der Waals surface area (Å²) in [4.78, 5) is 0. The van der Waals surface area contributed by atoms with Crippen LogP contribution in [0.2, 0.25) is 0 Å². The Hall–Kier alpha value is -2.65. The first-order valence-corrected chi connectivity index (χ1v) is 10.1. The molecular formula is C10H2O12S3. The van der Waals surface area contributed by atoms with Crippen LogP contribution in [0.25, 0.3) is 10.8 Å². The van der Waals surface area contributed by atoms with Gasteiger partial charge in [0, 0.05) is 5.39 Å². The largest absolute Gasteiger partial charge is 0.501 e. The van der Waals surface area contributed by atoms with Crippen LogP contribution >= 0.6 is 0 Å². The van der Waals surface area contributed by atoms with E-state index in [1.807, 2.05) is 0 Å². The highest BCUT2D eigenvalue weighted by Crippen LogP contribution is 2.61. The molecule has 3 heterocycles. The monoisotopic (exact) mass is 410 g/mol. The van der Waals surface area contributed by atoms with Crippen molar-refractivity contribution in [3.8, 4) is 34.5 Å². The predicted molar refractivity (Wildman–Crippen MR) is 74.5 cm³/mol. The van der Waals surface area contributed by atoms with Crippen LogP contribution in [0.3, 0.4) is 0 Å². The third-order valence-electron chi connectivity index (χ3n) is 3.33. The summed E-state index contributed by atoms with van der Waals surface area (Å²) < 4.78 is 97.3. The van der Waals surface area contributed by atoms with Crippen LogP contribution in [0, 0.1) is 0 Å². The second-order valence-electron chi connectivity index (χ2n) is 4.86. The van der Waals surface area contributed by atoms with Crippen molar-refractivity contribution in [2.45, 2.75) is 0 Å². The quantitative estimate of drug-likeness (QED) is 0.568. The summed E-state index contributed by atoms with van der Waals surface area (Å²) in [6.07, 6.45) is 0. The highest BCUT2D eigenvalue weighted by Gasteiger charge is 2.46. The zero-order valence-corrected chi connectivity index (χ0v) is 13.7. The highest BCUT2D eigenvalue weighted by molar-refractivity contribution is 7.83. The maximum Gasteiger partial charge on any atom is 0.501 e. The van der Waals surface area contributed by atoms with Crippen molar-refractivity contribution in [1.82, 2.24) is 0 Å². The minimum atomic E-state index is -4.58. The van der Waals surface area contributed by atoms with E-state index in [-0.39, 0.29) is 16.5 Å². The molecule has 3 aliphatic rings. The number of hydrogen-bond donors (Lipinski definition) is 0. The molecule has 0 aliphatic carbocycles. The first kappa shape index (κ1) is 14.7. The molecular weight excluding hydrogens is 408 g/mol. The Morgan fingerprint density at radius 2 is 1.00 bits per heavy atom. The van der Waals surface area contributed by atoms with Crippen molar-refractivity contribution < 1.29 is 50.4 Å². The average molecular weight is 410 g/mol. The highest BCUT2D eigenvalue weighted by atomic mass is 32.3. The molecule has 12 nitrogen and oxygen atoms in total. The van der Waals surface area contributed by atoms with E-state index in [1.54, 1.807) is 0 Å². The number of hydrogen-bond acceptors (Lipinski definition) is 12. The van der Waals surface area contributed by atoms with E-state index in [1.165, 1.54) is 6.07 Å². The van der Waals surface area contributed by atoms with Gasteiger partial charge in [0.2, 0.25) is 28.7 Å². The van der Waals surface area contributed by atoms with Gasteiger partial charge in [0.25, 0.3) is 0 Å². The van der Waals surface area contributed by atoms with Crippen molar-refractivity contribution in [2.75, 3.05) is 0 Å². The van der Waals surface area contributed by atoms with Gasteiger partial charge in [-0.25, -0.2) is 0 Å². The van der Waals surface area contributed by atoms with Crippen molar-refractivity contribution in [2.24, 2.45) is 0 Å². The van der Waals surface area contributed by atoms with Crippen LogP contribution in [-0.4, -0.2) is 25.3 Å². The molecule has 2 aromatic rings. The predicted octanol–water partition coefficient (Wildman–Crippen LogP) is -0.112. The smallest absolute Gasteiger partial charge is 0.349 e. The minimum absolute atomic E-state index is 0.0602. The van der Waals surface area contributed by atoms with Crippen molar-refractivity contribution in [1.29, 1.82) is 0 Å². The molecule has 0 bridgehead atoms. The lowest BCUT2D eigenvalue weighted by Crippen LogP contribution is -2.10. The Bertz CT molecular complexity index is 1320. The van der Waals surface area contributed by atoms with Crippen molar-refractivity contribution >= 4 is 42.0 Å². The third kappa shape index (κ3) is 1.93. The molecule has 0 radical (unpaired) electrons. The standard InChI is InChI=1S/C10H2O12S3/c11-23(12)17-4-2-1-3-5(7(4)19-23)8-10(22-25(15,16)20-8)9-6(3)18-24(13,14)21-9/h1-2H. The Morgan fingerprint density at radius 3 is 1.68 bits per heavy atom. The van der Waals surface area contributed by atoms with E-state index in [0.29, 0.717) is 0 Å². The molecule has 0 fully saturated rings. The lowest BCUT2D eigenvalue weighted by Gasteiger charge is -2.06. The van der Waals surface area contributed by atoms with E-state index >= 15 is 0 Å². The maximum atomic E-state index is 11.6. The SMILES string of the molecule is O=S1(=O)Oc2c3c(c4c5c(ccc4c2O1)OS(=O)(=O)O5)OS(=O)(=O)O3. The molecule has 0 N–H and O–H groups in total. The summed E-state index contributed by atoms with van der Waals surface area (Å²) in [5, 5.41) is -0.302. The number of rotatable bonds is 0. The van der Waals surface area contributed by atoms with Gasteiger partial charge in [-0.05, 0) is 12.1 Å². The van der Waals surface area contributed by atoms with Gasteiger partial charge in [0.05, 0.1) is 5.39 Å². The fraction of sp³-hybridized carbons (Fsp3) is 0. The van der Waals surface area contributed by atoms with E-state index in [4.69, 9.17) is 0 Å². The van der Waals surface area contributed by atoms with Crippen LogP contribution in [0.1, 0.15) is 0 Å². The van der Waals surface area contributed by atoms with Crippen LogP contribution in [0.5, 0.6) is 34.5 Å². The summed E-state index contributed by atoms with van der Waals surface area (Å²) in [5.41, 5.74) is 0. The Morgan fingerprint density at radius 1 is 0.520 bits per heavy atom. The first-order valence-electron chi connectivity index (χ1n) is 6.14. The molecule has 5 rings (SSSR count). The third-order valence-corrected chi connectivity index (χ3v) is 5.57. The zero-order chi connectivity index (χ0) is 17.8. The van der Waals surface area contributed by atoms with Crippen LogP contribution in [0.4, 0.5) is 0 Å². The minimum Gasteiger partial charge on any atom is -0.349 e. The van der Waals surface area contributed by atoms with Gasteiger partial charge < -0.3 is 25.1 Å². The number of benzene rings is 2. The molecule has 0 amide bonds. The molecule has 0 unspecified atom stereocenters. The van der Waals surface area contributed by atoms with Gasteiger partial charge in [-0.3, -0.25) is 0 Å². The summed E-state index contributed by atoms with van der Waals surface area (Å²) in [7, 11) is -13.5. The van der Waals surface area contributed by atoms with Gasteiger partial charge in [0.15, 0.2) is 5.75 Å². The van der Waals surface area contributed by atoms with Gasteiger partial charge in [-0.15, -0.1) is 25.3 Å². The van der Waals surface area contributed by atoms with Crippen LogP contribution in [0.15, 0.2) is 12.1 Å². The van der Waals surface area contributed by atoms with E-state index in [9.17, 15) is 25.3 Å². The Labute approximate surface area is 139 Å². The molecule has 0 saturated carbocycles. The second kappa shape index (κ2) is 3.94. The molecule has 15 heteroatoms. The van der Waals surface area contributed by atoms with Gasteiger partial charge in [-0.2, -0.15) is 0 Å². The molecule has 2 aromatic carbocycles. The van der Waals surface area contributed by atoms with Gasteiger partial charge in [-0.1, -0.05) is 0 Å². The molecule has 25 heavy (non-hydrogen) atoms. The van der Waals surface area contributed by atoms with E-state index < -0.39 is 59.9 Å². The molecule has 132 valence electrons. The van der Waals surface area contributed by atoms with Gasteiger partial charge >= 0.3 is 31.2 Å². The average Bonchev–Trinajstić information content (AvgIpc) is 3.06. The molecule has 0 aromatic heterocycles. The van der Waals surface area contributed by atoms with Crippen molar-refractivity contribution in [3.05, 3.63) is 12.1 Å². The molecule has 0 saturated heterocycles. The fourth-order valence-electron chi connectivity index (χ4n) is 2.55. The van der Waals surface area contributed by atoms with Crippen molar-refractivity contribution in [3.63, 3.8) is 0 Å². The lowest BCUT2D eigenvalue weighted by molar-refractivity contribution is 0.421. The molecule has 0 spiro atoms. The summed E-state index contributed by atoms with van der Waals surface area (Å²) in [6, 6.07) is 2.38. The summed E-state index contributed by atoms with van der Waals surface area (Å²) in [6.45, 7) is 0. The summed E-state index contributed by atoms with van der Waals surface area (Å²) >= 11 is 0. The van der Waals surface area contributed by atoms with E-state index in [2.05, 4.69) is 25.1 Å². The number of fused-ring (bicyclic) bond motifs is 8. The first-order chi connectivity index (χ1) is 11.6. The molecule has 3 aliphatic heterocycles. The van der Waals surface area contributed by atoms with Gasteiger partial charge in [0.1, 0.15) is 0 Å². The molecule has 0 atom stereocenters. The van der Waals surface area contributed by atoms with Crippen LogP contribution < -0.4 is 25.1 Å². The summed E-state index contributed by atoms with van der Waals surface area (Å²) in [5.74, 6) is -2.78. The Kier molecular flexibility index (Phi) is 2.31. The van der Waals surface area contributed by atoms with Crippen LogP contribution in [-0.2, 0) is 31.2 Å².